The number of ether oxygens (including phenoxy) is 1. The van der Waals surface area contributed by atoms with Crippen LogP contribution in [0.15, 0.2) is 30.5 Å². The maximum Gasteiger partial charge on any atom is 0.335 e. The molecule has 1 fully saturated rings. The van der Waals surface area contributed by atoms with E-state index in [4.69, 9.17) is 9.72 Å². The molecular weight excluding hydrogens is 473 g/mol. The fourth-order valence-electron chi connectivity index (χ4n) is 5.84. The number of methoxy groups -OCH3 is 1. The molecule has 1 aliphatic carbocycles. The molecule has 0 aliphatic heterocycles. The van der Waals surface area contributed by atoms with Gasteiger partial charge in [0.1, 0.15) is 5.82 Å². The molecule has 9 heteroatoms. The summed E-state index contributed by atoms with van der Waals surface area (Å²) in [7, 11) is 1.45. The van der Waals surface area contributed by atoms with Crippen molar-refractivity contribution in [3.05, 3.63) is 53.1 Å². The maximum absolute atomic E-state index is 14.3. The Kier molecular flexibility index (Phi) is 6.03. The second-order valence-corrected chi connectivity index (χ2v) is 10.7. The number of hydrogen-bond acceptors (Lipinski definition) is 5. The number of nitrogens with zero attached hydrogens (tertiary/aromatic N) is 4. The number of fused-ring (bicyclic) bond motifs is 2. The summed E-state index contributed by atoms with van der Waals surface area (Å²) in [4.78, 5) is 17.0. The summed E-state index contributed by atoms with van der Waals surface area (Å²) in [5.41, 5.74) is 3.76. The van der Waals surface area contributed by atoms with Crippen LogP contribution in [0.1, 0.15) is 68.7 Å². The van der Waals surface area contributed by atoms with E-state index in [9.17, 15) is 19.6 Å². The highest BCUT2D eigenvalue weighted by Crippen LogP contribution is 2.48. The van der Waals surface area contributed by atoms with Crippen molar-refractivity contribution in [2.24, 2.45) is 0 Å². The zero-order valence-corrected chi connectivity index (χ0v) is 21.4. The molecule has 192 valence electrons. The number of aromatic amines is 1. The van der Waals surface area contributed by atoms with Gasteiger partial charge >= 0.3 is 5.97 Å². The van der Waals surface area contributed by atoms with Gasteiger partial charge in [0.2, 0.25) is 0 Å². The molecule has 0 amide bonds. The summed E-state index contributed by atoms with van der Waals surface area (Å²) in [5.74, 6) is -1.22. The molecule has 1 aromatic carbocycles. The highest BCUT2D eigenvalue weighted by Gasteiger charge is 2.45. The molecule has 2 N–H and O–H groups in total. The first kappa shape index (κ1) is 24.9. The summed E-state index contributed by atoms with van der Waals surface area (Å²) in [5, 5.41) is 27.5. The van der Waals surface area contributed by atoms with Crippen LogP contribution in [0, 0.1) is 24.1 Å². The molecule has 4 aromatic rings. The van der Waals surface area contributed by atoms with Gasteiger partial charge in [-0.15, -0.1) is 0 Å². The van der Waals surface area contributed by atoms with Gasteiger partial charge in [0.05, 0.1) is 23.3 Å². The maximum atomic E-state index is 14.3. The molecular formula is C28H30FN5O3. The summed E-state index contributed by atoms with van der Waals surface area (Å²) < 4.78 is 21.9. The standard InChI is InChI=1S/C28H30FN5O3/c1-16-13-19(5-6-20(16)29)34-21-14-18-15-31-33-25(18)32-23(21)22(24(34)27(2,3)11-12-30)17-7-9-28(37-4,10-8-17)26(35)36/h5-6,13-15,17H,7-11H2,1-4H3,(H,35,36)(H,31,32,33)/t17-,28+. The van der Waals surface area contributed by atoms with Gasteiger partial charge in [-0.3, -0.25) is 5.10 Å². The second-order valence-electron chi connectivity index (χ2n) is 10.7. The predicted octanol–water partition coefficient (Wildman–Crippen LogP) is 5.67. The van der Waals surface area contributed by atoms with E-state index in [1.54, 1.807) is 19.2 Å². The van der Waals surface area contributed by atoms with Gasteiger partial charge in [-0.25, -0.2) is 14.2 Å². The molecule has 0 unspecified atom stereocenters. The van der Waals surface area contributed by atoms with Gasteiger partial charge < -0.3 is 14.4 Å². The van der Waals surface area contributed by atoms with Crippen LogP contribution in [-0.2, 0) is 14.9 Å². The number of nitrogens with one attached hydrogen (secondary N) is 1. The molecule has 5 rings (SSSR count). The number of halogens is 1. The molecule has 1 aliphatic rings. The average molecular weight is 504 g/mol. The molecule has 0 saturated heterocycles. The number of carbonyl (C=O) groups is 1. The van der Waals surface area contributed by atoms with Crippen LogP contribution in [0.5, 0.6) is 0 Å². The van der Waals surface area contributed by atoms with Crippen LogP contribution in [0.4, 0.5) is 4.39 Å². The Bertz CT molecular complexity index is 1550. The smallest absolute Gasteiger partial charge is 0.335 e. The number of pyridine rings is 1. The summed E-state index contributed by atoms with van der Waals surface area (Å²) in [6, 6.07) is 9.38. The third-order valence-corrected chi connectivity index (χ3v) is 7.92. The van der Waals surface area contributed by atoms with Gasteiger partial charge in [-0.05, 0) is 68.4 Å². The minimum Gasteiger partial charge on any atom is -0.479 e. The van der Waals surface area contributed by atoms with E-state index >= 15 is 0 Å². The van der Waals surface area contributed by atoms with Crippen molar-refractivity contribution >= 4 is 28.0 Å². The quantitative estimate of drug-likeness (QED) is 0.350. The highest BCUT2D eigenvalue weighted by molar-refractivity contribution is 5.94. The van der Waals surface area contributed by atoms with Crippen molar-refractivity contribution in [1.82, 2.24) is 19.7 Å². The fourth-order valence-corrected chi connectivity index (χ4v) is 5.84. The first-order valence-electron chi connectivity index (χ1n) is 12.4. The van der Waals surface area contributed by atoms with Crippen molar-refractivity contribution in [1.29, 1.82) is 5.26 Å². The lowest BCUT2D eigenvalue weighted by Gasteiger charge is -2.37. The lowest BCUT2D eigenvalue weighted by Crippen LogP contribution is -2.43. The van der Waals surface area contributed by atoms with E-state index in [0.717, 1.165) is 33.4 Å². The van der Waals surface area contributed by atoms with Crippen molar-refractivity contribution < 1.29 is 19.0 Å². The van der Waals surface area contributed by atoms with Gasteiger partial charge in [0.15, 0.2) is 11.2 Å². The van der Waals surface area contributed by atoms with Crippen LogP contribution in [0.2, 0.25) is 0 Å². The molecule has 3 heterocycles. The van der Waals surface area contributed by atoms with Crippen LogP contribution >= 0.6 is 0 Å². The largest absolute Gasteiger partial charge is 0.479 e. The predicted molar refractivity (Wildman–Crippen MR) is 137 cm³/mol. The molecule has 8 nitrogen and oxygen atoms in total. The first-order valence-corrected chi connectivity index (χ1v) is 12.4. The molecule has 37 heavy (non-hydrogen) atoms. The first-order chi connectivity index (χ1) is 17.6. The molecule has 0 bridgehead atoms. The minimum absolute atomic E-state index is 0.00811. The number of carboxylic acid groups (broad SMARTS) is 1. The molecule has 3 aromatic heterocycles. The average Bonchev–Trinajstić information content (AvgIpc) is 3.46. The number of aromatic nitrogens is 4. The van der Waals surface area contributed by atoms with Crippen LogP contribution in [0.25, 0.3) is 27.8 Å². The number of carboxylic acids is 1. The van der Waals surface area contributed by atoms with Crippen LogP contribution < -0.4 is 0 Å². The Hall–Kier alpha value is -3.77. The van der Waals surface area contributed by atoms with E-state index in [0.29, 0.717) is 36.9 Å². The van der Waals surface area contributed by atoms with E-state index in [1.807, 2.05) is 26.0 Å². The van der Waals surface area contributed by atoms with Crippen LogP contribution in [0.3, 0.4) is 0 Å². The van der Waals surface area contributed by atoms with Gasteiger partial charge in [-0.2, -0.15) is 10.4 Å². The zero-order chi connectivity index (χ0) is 26.5. The van der Waals surface area contributed by atoms with Gasteiger partial charge in [-0.1, -0.05) is 13.8 Å². The fraction of sp³-hybridized carbons (Fsp3) is 0.429. The van der Waals surface area contributed by atoms with Gasteiger partial charge in [0.25, 0.3) is 0 Å². The number of hydrogen-bond donors (Lipinski definition) is 2. The van der Waals surface area contributed by atoms with E-state index in [2.05, 4.69) is 20.8 Å². The van der Waals surface area contributed by atoms with Crippen molar-refractivity contribution in [3.8, 4) is 11.8 Å². The number of rotatable bonds is 6. The normalized spacial score (nSPS) is 20.4. The number of benzene rings is 1. The topological polar surface area (TPSA) is 117 Å². The summed E-state index contributed by atoms with van der Waals surface area (Å²) >= 11 is 0. The molecule has 0 spiro atoms. The van der Waals surface area contributed by atoms with Crippen molar-refractivity contribution in [2.45, 2.75) is 69.8 Å². The Balaban J connectivity index is 1.82. The number of aliphatic carboxylic acids is 1. The lowest BCUT2D eigenvalue weighted by atomic mass is 9.73. The minimum atomic E-state index is -1.20. The molecule has 0 atom stereocenters. The number of H-pyrrole nitrogens is 1. The SMILES string of the molecule is CO[C@]1(C(=O)O)CC[C@H](c2c(C(C)(C)CC#N)n(-c3ccc(F)c(C)c3)c3cc4cn[nH]c4nc32)CC1. The Morgan fingerprint density at radius 2 is 2.08 bits per heavy atom. The number of aryl methyl sites for hydroxylation is 1. The Morgan fingerprint density at radius 1 is 1.35 bits per heavy atom. The second kappa shape index (κ2) is 8.96. The third kappa shape index (κ3) is 3.96. The lowest BCUT2D eigenvalue weighted by molar-refractivity contribution is -0.166. The van der Waals surface area contributed by atoms with E-state index < -0.39 is 17.0 Å². The molecule has 0 radical (unpaired) electrons. The van der Waals surface area contributed by atoms with Crippen molar-refractivity contribution in [3.63, 3.8) is 0 Å². The Labute approximate surface area is 214 Å². The third-order valence-electron chi connectivity index (χ3n) is 7.92. The monoisotopic (exact) mass is 503 g/mol. The number of nitriles is 1. The van der Waals surface area contributed by atoms with Crippen LogP contribution in [-0.4, -0.2) is 43.5 Å². The van der Waals surface area contributed by atoms with E-state index in [1.165, 1.54) is 13.2 Å². The zero-order valence-electron chi connectivity index (χ0n) is 21.4. The van der Waals surface area contributed by atoms with Gasteiger partial charge in [0, 0.05) is 41.3 Å². The molecule has 1 saturated carbocycles. The van der Waals surface area contributed by atoms with Crippen molar-refractivity contribution in [2.75, 3.05) is 7.11 Å². The Morgan fingerprint density at radius 3 is 2.70 bits per heavy atom. The summed E-state index contributed by atoms with van der Waals surface area (Å²) in [6.45, 7) is 5.80. The summed E-state index contributed by atoms with van der Waals surface area (Å²) in [6.07, 6.45) is 3.92. The van der Waals surface area contributed by atoms with E-state index in [-0.39, 0.29) is 18.2 Å². The highest BCUT2D eigenvalue weighted by atomic mass is 19.1.